The molecule has 12 heteroatoms. The van der Waals surface area contributed by atoms with E-state index in [1.54, 1.807) is 0 Å². The quantitative estimate of drug-likeness (QED) is 0.247. The number of nitro groups is 1. The predicted octanol–water partition coefficient (Wildman–Crippen LogP) is 2.20. The first-order valence-corrected chi connectivity index (χ1v) is 9.09. The molecule has 0 spiro atoms. The van der Waals surface area contributed by atoms with Gasteiger partial charge in [0.15, 0.2) is 16.5 Å². The number of nitrogens with one attached hydrogen (secondary N) is 1. The molecule has 0 saturated carbocycles. The van der Waals surface area contributed by atoms with Crippen molar-refractivity contribution in [3.63, 3.8) is 0 Å². The molecule has 0 aliphatic rings. The number of ether oxygens (including phenoxy) is 2. The molecule has 0 bridgehead atoms. The third-order valence-electron chi connectivity index (χ3n) is 4.37. The number of rotatable bonds is 5. The number of methoxy groups -OCH3 is 2. The molecule has 0 aliphatic heterocycles. The van der Waals surface area contributed by atoms with Crippen molar-refractivity contribution in [1.29, 1.82) is 5.41 Å². The number of imidazole rings is 1. The van der Waals surface area contributed by atoms with Crippen LogP contribution >= 0.6 is 11.3 Å². The lowest BCUT2D eigenvalue weighted by Crippen LogP contribution is -2.21. The molecule has 0 aliphatic carbocycles. The van der Waals surface area contributed by atoms with Crippen LogP contribution in [0.2, 0.25) is 0 Å². The normalized spacial score (nSPS) is 11.7. The molecule has 0 atom stereocenters. The topological polar surface area (TPSA) is 167 Å². The van der Waals surface area contributed by atoms with Crippen LogP contribution in [0, 0.1) is 29.4 Å². The van der Waals surface area contributed by atoms with Gasteiger partial charge in [-0.2, -0.15) is 4.99 Å². The van der Waals surface area contributed by atoms with Crippen molar-refractivity contribution in [1.82, 2.24) is 9.38 Å². The molecular formula is C17H19N7O4S. The summed E-state index contributed by atoms with van der Waals surface area (Å²) in [5.74, 6) is -0.209. The van der Waals surface area contributed by atoms with Crippen LogP contribution in [-0.4, -0.2) is 40.3 Å². The van der Waals surface area contributed by atoms with Crippen LogP contribution in [0.25, 0.3) is 16.2 Å². The van der Waals surface area contributed by atoms with Gasteiger partial charge in [0.25, 0.3) is 0 Å². The minimum Gasteiger partial charge on any atom is -0.496 e. The Morgan fingerprint density at radius 1 is 1.28 bits per heavy atom. The molecule has 2 heterocycles. The molecule has 5 N–H and O–H groups in total. The number of aryl methyl sites for hydroxylation is 2. The number of nitro benzene ring substituents is 1. The summed E-state index contributed by atoms with van der Waals surface area (Å²) in [7, 11) is 2.74. The lowest BCUT2D eigenvalue weighted by atomic mass is 10.1. The van der Waals surface area contributed by atoms with Gasteiger partial charge in [0.1, 0.15) is 17.1 Å². The smallest absolute Gasteiger partial charge is 0.314 e. The average Bonchev–Trinajstić information content (AvgIpc) is 3.16. The van der Waals surface area contributed by atoms with Crippen LogP contribution < -0.4 is 20.9 Å². The number of nitrogens with zero attached hydrogens (tertiary/aromatic N) is 4. The van der Waals surface area contributed by atoms with Crippen molar-refractivity contribution in [3.05, 3.63) is 38.5 Å². The van der Waals surface area contributed by atoms with Gasteiger partial charge < -0.3 is 20.9 Å². The second-order valence-electron chi connectivity index (χ2n) is 6.03. The van der Waals surface area contributed by atoms with Gasteiger partial charge in [-0.3, -0.25) is 19.9 Å². The Bertz CT molecular complexity index is 1180. The molecule has 29 heavy (non-hydrogen) atoms. The lowest BCUT2D eigenvalue weighted by molar-refractivity contribution is -0.385. The molecule has 0 unspecified atom stereocenters. The Morgan fingerprint density at radius 3 is 2.48 bits per heavy atom. The van der Waals surface area contributed by atoms with E-state index in [-0.39, 0.29) is 23.0 Å². The maximum atomic E-state index is 11.4. The minimum atomic E-state index is -0.559. The summed E-state index contributed by atoms with van der Waals surface area (Å²) in [5, 5.41) is 18.8. The van der Waals surface area contributed by atoms with E-state index < -0.39 is 10.9 Å². The van der Waals surface area contributed by atoms with Crippen LogP contribution in [0.1, 0.15) is 16.3 Å². The molecule has 3 rings (SSSR count). The molecule has 0 saturated heterocycles. The van der Waals surface area contributed by atoms with Crippen LogP contribution in [0.4, 0.5) is 5.69 Å². The Kier molecular flexibility index (Phi) is 5.12. The van der Waals surface area contributed by atoms with Crippen molar-refractivity contribution in [2.75, 3.05) is 14.2 Å². The highest BCUT2D eigenvalue weighted by Gasteiger charge is 2.27. The number of hydrogen-bond acceptors (Lipinski definition) is 7. The van der Waals surface area contributed by atoms with Crippen molar-refractivity contribution >= 4 is 33.8 Å². The number of thiazole rings is 1. The zero-order valence-electron chi connectivity index (χ0n) is 16.1. The first-order valence-electron chi connectivity index (χ1n) is 8.27. The van der Waals surface area contributed by atoms with Gasteiger partial charge in [-0.1, -0.05) is 0 Å². The third-order valence-corrected chi connectivity index (χ3v) is 5.43. The van der Waals surface area contributed by atoms with Crippen molar-refractivity contribution < 1.29 is 14.4 Å². The highest BCUT2D eigenvalue weighted by molar-refractivity contribution is 7.17. The lowest BCUT2D eigenvalue weighted by Gasteiger charge is -2.11. The fourth-order valence-corrected chi connectivity index (χ4v) is 3.93. The summed E-state index contributed by atoms with van der Waals surface area (Å²) in [4.78, 5) is 21.0. The zero-order valence-corrected chi connectivity index (χ0v) is 17.0. The van der Waals surface area contributed by atoms with Crippen molar-refractivity contribution in [3.8, 4) is 22.8 Å². The summed E-state index contributed by atoms with van der Waals surface area (Å²) in [6.45, 7) is 3.86. The number of aliphatic imine (C=N–C) groups is 1. The van der Waals surface area contributed by atoms with E-state index in [9.17, 15) is 10.1 Å². The van der Waals surface area contributed by atoms with Gasteiger partial charge >= 0.3 is 5.69 Å². The zero-order chi connectivity index (χ0) is 21.5. The van der Waals surface area contributed by atoms with E-state index in [4.69, 9.17) is 26.4 Å². The number of benzene rings is 1. The number of nitrogens with two attached hydrogens (primary N) is 2. The van der Waals surface area contributed by atoms with Gasteiger partial charge in [0.2, 0.25) is 5.96 Å². The third kappa shape index (κ3) is 3.33. The van der Waals surface area contributed by atoms with Gasteiger partial charge in [-0.05, 0) is 13.8 Å². The first kappa shape index (κ1) is 20.1. The number of guanidine groups is 1. The van der Waals surface area contributed by atoms with Gasteiger partial charge in [-0.25, -0.2) is 4.98 Å². The Hall–Kier alpha value is -3.67. The van der Waals surface area contributed by atoms with E-state index >= 15 is 0 Å². The molecule has 0 amide bonds. The second kappa shape index (κ2) is 7.39. The van der Waals surface area contributed by atoms with Crippen molar-refractivity contribution in [2.45, 2.75) is 13.8 Å². The number of fused-ring (bicyclic) bond motifs is 1. The van der Waals surface area contributed by atoms with Crippen molar-refractivity contribution in [2.24, 2.45) is 16.5 Å². The fourth-order valence-electron chi connectivity index (χ4n) is 2.96. The molecular weight excluding hydrogens is 398 g/mol. The van der Waals surface area contributed by atoms with Crippen LogP contribution in [0.5, 0.6) is 11.5 Å². The number of amidine groups is 1. The van der Waals surface area contributed by atoms with E-state index in [1.165, 1.54) is 37.7 Å². The van der Waals surface area contributed by atoms with Crippen LogP contribution in [0.15, 0.2) is 17.1 Å². The maximum absolute atomic E-state index is 11.4. The van der Waals surface area contributed by atoms with Crippen LogP contribution in [-0.2, 0) is 0 Å². The Balaban J connectivity index is 2.41. The minimum absolute atomic E-state index is 0.0136. The second-order valence-corrected chi connectivity index (χ2v) is 7.22. The van der Waals surface area contributed by atoms with E-state index in [2.05, 4.69) is 9.98 Å². The summed E-state index contributed by atoms with van der Waals surface area (Å²) in [6, 6.07) is 2.73. The van der Waals surface area contributed by atoms with E-state index in [0.717, 1.165) is 10.6 Å². The fraction of sp³-hybridized carbons (Fsp3) is 0.235. The SMILES string of the molecule is COc1cc([N+](=O)[O-])c(OC)cc1-c1nc2sc(C)c(C)n2c1/C(N)=N/C(=N)N. The summed E-state index contributed by atoms with van der Waals surface area (Å²) >= 11 is 1.45. The molecule has 1 aromatic carbocycles. The maximum Gasteiger partial charge on any atom is 0.314 e. The number of hydrogen-bond donors (Lipinski definition) is 3. The summed E-state index contributed by atoms with van der Waals surface area (Å²) in [5.41, 5.74) is 13.4. The van der Waals surface area contributed by atoms with Crippen LogP contribution in [0.3, 0.4) is 0 Å². The monoisotopic (exact) mass is 417 g/mol. The molecule has 3 aromatic rings. The largest absolute Gasteiger partial charge is 0.496 e. The highest BCUT2D eigenvalue weighted by Crippen LogP contribution is 2.41. The van der Waals surface area contributed by atoms with Gasteiger partial charge in [-0.15, -0.1) is 11.3 Å². The molecule has 0 radical (unpaired) electrons. The molecule has 152 valence electrons. The summed E-state index contributed by atoms with van der Waals surface area (Å²) in [6.07, 6.45) is 0. The van der Waals surface area contributed by atoms with Gasteiger partial charge in [0, 0.05) is 22.2 Å². The first-order chi connectivity index (χ1) is 13.7. The standard InChI is InChI=1S/C17H19N7O4S/c1-7-8(2)29-17-21-13(14(23(7)17)15(18)22-16(19)20)9-5-12(28-4)10(24(25)26)6-11(9)27-3/h5-6H,1-4H3,(H5,18,19,20,22). The highest BCUT2D eigenvalue weighted by atomic mass is 32.1. The average molecular weight is 417 g/mol. The van der Waals surface area contributed by atoms with Gasteiger partial charge in [0.05, 0.1) is 25.2 Å². The predicted molar refractivity (Wildman–Crippen MR) is 110 cm³/mol. The molecule has 11 nitrogen and oxygen atoms in total. The molecule has 2 aromatic heterocycles. The Labute approximate surface area is 169 Å². The number of aromatic nitrogens is 2. The van der Waals surface area contributed by atoms with E-state index in [1.807, 2.05) is 18.2 Å². The Morgan fingerprint density at radius 2 is 1.93 bits per heavy atom. The summed E-state index contributed by atoms with van der Waals surface area (Å²) < 4.78 is 12.4. The van der Waals surface area contributed by atoms with E-state index in [0.29, 0.717) is 21.9 Å². The molecule has 0 fully saturated rings.